The lowest BCUT2D eigenvalue weighted by molar-refractivity contribution is 0.0177. The van der Waals surface area contributed by atoms with Gasteiger partial charge in [0.1, 0.15) is 0 Å². The number of nitrogens with two attached hydrogens (primary N) is 1. The number of aromatic nitrogens is 2. The van der Waals surface area contributed by atoms with Gasteiger partial charge in [-0.3, -0.25) is 4.79 Å². The minimum absolute atomic E-state index is 0.195. The maximum absolute atomic E-state index is 13.4. The molecule has 3 aromatic rings. The highest BCUT2D eigenvalue weighted by atomic mass is 16.6. The van der Waals surface area contributed by atoms with E-state index in [-0.39, 0.29) is 5.91 Å². The van der Waals surface area contributed by atoms with E-state index in [4.69, 9.17) is 15.5 Å². The Kier molecular flexibility index (Phi) is 6.26. The monoisotopic (exact) mass is 449 g/mol. The Morgan fingerprint density at radius 1 is 1.27 bits per heavy atom. The summed E-state index contributed by atoms with van der Waals surface area (Å²) in [7, 11) is 0. The lowest BCUT2D eigenvalue weighted by atomic mass is 10.00. The molecule has 1 aromatic carbocycles. The van der Waals surface area contributed by atoms with Gasteiger partial charge in [0.05, 0.1) is 16.9 Å². The molecule has 2 aromatic heterocycles. The molecule has 0 bridgehead atoms. The van der Waals surface area contributed by atoms with Crippen molar-refractivity contribution in [3.63, 3.8) is 0 Å². The number of aryl methyl sites for hydroxylation is 4. The molecule has 3 N–H and O–H groups in total. The number of benzene rings is 1. The maximum Gasteiger partial charge on any atom is 0.406 e. The number of fused-ring (bicyclic) bond motifs is 1. The summed E-state index contributed by atoms with van der Waals surface area (Å²) >= 11 is 0. The van der Waals surface area contributed by atoms with Crippen molar-refractivity contribution in [3.05, 3.63) is 64.1 Å². The first-order chi connectivity index (χ1) is 15.8. The highest BCUT2D eigenvalue weighted by Gasteiger charge is 2.32. The molecule has 0 saturated carbocycles. The molecule has 2 amide bonds. The molecule has 0 radical (unpaired) electrons. The van der Waals surface area contributed by atoms with Crippen LogP contribution in [0, 0.1) is 20.8 Å². The van der Waals surface area contributed by atoms with Crippen molar-refractivity contribution in [1.82, 2.24) is 14.3 Å². The summed E-state index contributed by atoms with van der Waals surface area (Å²) < 4.78 is 7.11. The van der Waals surface area contributed by atoms with Crippen molar-refractivity contribution in [3.8, 4) is 0 Å². The van der Waals surface area contributed by atoms with Gasteiger partial charge < -0.3 is 25.1 Å². The number of anilines is 1. The lowest BCUT2D eigenvalue weighted by Gasteiger charge is -2.24. The number of carbonyl (C=O) groups excluding carboxylic acids is 2. The Labute approximate surface area is 193 Å². The van der Waals surface area contributed by atoms with Crippen LogP contribution in [0.25, 0.3) is 5.65 Å². The normalized spacial score (nSPS) is 15.8. The van der Waals surface area contributed by atoms with Crippen LogP contribution in [-0.4, -0.2) is 39.1 Å². The molecule has 4 rings (SSSR count). The highest BCUT2D eigenvalue weighted by Crippen LogP contribution is 2.27. The van der Waals surface area contributed by atoms with Gasteiger partial charge in [0.2, 0.25) is 0 Å². The maximum atomic E-state index is 13.4. The molecule has 0 unspecified atom stereocenters. The van der Waals surface area contributed by atoms with E-state index >= 15 is 0 Å². The molecule has 1 atom stereocenters. The predicted octanol–water partition coefficient (Wildman–Crippen LogP) is 4.09. The van der Waals surface area contributed by atoms with Crippen LogP contribution in [0.2, 0.25) is 0 Å². The highest BCUT2D eigenvalue weighted by molar-refractivity contribution is 5.96. The Hall–Kier alpha value is -3.55. The quantitative estimate of drug-likeness (QED) is 0.590. The van der Waals surface area contributed by atoms with Gasteiger partial charge in [-0.15, -0.1) is 0 Å². The topological polar surface area (TPSA) is 102 Å². The average molecular weight is 450 g/mol. The number of primary amides is 1. The summed E-state index contributed by atoms with van der Waals surface area (Å²) in [5.74, 6) is -0.195. The van der Waals surface area contributed by atoms with Gasteiger partial charge >= 0.3 is 6.09 Å². The molecule has 3 heterocycles. The average Bonchev–Trinajstić information content (AvgIpc) is 3.35. The van der Waals surface area contributed by atoms with Crippen LogP contribution in [0.3, 0.4) is 0 Å². The molecule has 174 valence electrons. The molecule has 1 aliphatic heterocycles. The van der Waals surface area contributed by atoms with E-state index in [2.05, 4.69) is 37.4 Å². The molecule has 1 saturated heterocycles. The first-order valence-corrected chi connectivity index (χ1v) is 11.4. The van der Waals surface area contributed by atoms with Crippen molar-refractivity contribution in [2.75, 3.05) is 11.9 Å². The SMILES string of the molecule is CCc1cccc(C)c1CNc1cc(C(=O)N2CCC[C@@H]2OC(N)=O)cn2c(C)c(C)nc12. The van der Waals surface area contributed by atoms with Gasteiger partial charge in [-0.25, -0.2) is 9.78 Å². The second kappa shape index (κ2) is 9.13. The first-order valence-electron chi connectivity index (χ1n) is 11.4. The summed E-state index contributed by atoms with van der Waals surface area (Å²) in [6.07, 6.45) is 2.59. The van der Waals surface area contributed by atoms with Crippen molar-refractivity contribution in [2.24, 2.45) is 5.73 Å². The molecular formula is C25H31N5O3. The molecule has 0 spiro atoms. The number of hydrogen-bond acceptors (Lipinski definition) is 5. The summed E-state index contributed by atoms with van der Waals surface area (Å²) in [4.78, 5) is 31.0. The van der Waals surface area contributed by atoms with Gasteiger partial charge in [-0.1, -0.05) is 25.1 Å². The van der Waals surface area contributed by atoms with Crippen LogP contribution < -0.4 is 11.1 Å². The first kappa shape index (κ1) is 22.6. The molecule has 0 aliphatic carbocycles. The lowest BCUT2D eigenvalue weighted by Crippen LogP contribution is -2.39. The fraction of sp³-hybridized carbons (Fsp3) is 0.400. The number of rotatable bonds is 6. The summed E-state index contributed by atoms with van der Waals surface area (Å²) in [5, 5.41) is 3.53. The second-order valence-electron chi connectivity index (χ2n) is 8.57. The van der Waals surface area contributed by atoms with Crippen LogP contribution in [0.1, 0.15) is 58.2 Å². The van der Waals surface area contributed by atoms with Gasteiger partial charge in [0.25, 0.3) is 5.91 Å². The smallest absolute Gasteiger partial charge is 0.406 e. The van der Waals surface area contributed by atoms with Gasteiger partial charge in [0, 0.05) is 31.4 Å². The number of imidazole rings is 1. The number of amides is 2. The van der Waals surface area contributed by atoms with Crippen LogP contribution in [-0.2, 0) is 17.7 Å². The van der Waals surface area contributed by atoms with E-state index in [9.17, 15) is 9.59 Å². The van der Waals surface area contributed by atoms with Crippen LogP contribution >= 0.6 is 0 Å². The van der Waals surface area contributed by atoms with E-state index < -0.39 is 12.3 Å². The summed E-state index contributed by atoms with van der Waals surface area (Å²) in [5.41, 5.74) is 12.9. The standard InChI is InChI=1S/C25H31N5O3/c1-5-18-9-6-8-15(2)20(18)13-27-21-12-19(14-30-17(4)16(3)28-23(21)30)24(31)29-11-7-10-22(29)33-25(26)32/h6,8-9,12,14,22,27H,5,7,10-11,13H2,1-4H3,(H2,26,32)/t22-/m0/s1. The number of likely N-dealkylation sites (tertiary alicyclic amines) is 1. The van der Waals surface area contributed by atoms with Crippen molar-refractivity contribution in [1.29, 1.82) is 0 Å². The summed E-state index contributed by atoms with van der Waals surface area (Å²) in [6, 6.07) is 8.18. The number of pyridine rings is 1. The van der Waals surface area contributed by atoms with E-state index in [0.29, 0.717) is 25.1 Å². The zero-order valence-electron chi connectivity index (χ0n) is 19.6. The zero-order valence-corrected chi connectivity index (χ0v) is 19.6. The third-order valence-electron chi connectivity index (χ3n) is 6.50. The van der Waals surface area contributed by atoms with E-state index in [1.165, 1.54) is 16.7 Å². The van der Waals surface area contributed by atoms with Crippen molar-refractivity contribution in [2.45, 2.75) is 59.7 Å². The molecule has 8 nitrogen and oxygen atoms in total. The summed E-state index contributed by atoms with van der Waals surface area (Å²) in [6.45, 7) is 9.35. The van der Waals surface area contributed by atoms with Gasteiger partial charge in [-0.2, -0.15) is 0 Å². The number of carbonyl (C=O) groups is 2. The second-order valence-corrected chi connectivity index (χ2v) is 8.57. The minimum atomic E-state index is -0.872. The van der Waals surface area contributed by atoms with Gasteiger partial charge in [0.15, 0.2) is 11.9 Å². The third-order valence-corrected chi connectivity index (χ3v) is 6.50. The van der Waals surface area contributed by atoms with E-state index in [0.717, 1.165) is 35.6 Å². The largest absolute Gasteiger partial charge is 0.425 e. The molecular weight excluding hydrogens is 418 g/mol. The Morgan fingerprint density at radius 3 is 2.79 bits per heavy atom. The Bertz CT molecular complexity index is 1220. The number of nitrogens with one attached hydrogen (secondary N) is 1. The Balaban J connectivity index is 1.71. The van der Waals surface area contributed by atoms with Crippen molar-refractivity contribution >= 4 is 23.3 Å². The zero-order chi connectivity index (χ0) is 23.7. The van der Waals surface area contributed by atoms with Crippen LogP contribution in [0.4, 0.5) is 10.5 Å². The van der Waals surface area contributed by atoms with Crippen LogP contribution in [0.15, 0.2) is 30.5 Å². The number of nitrogens with zero attached hydrogens (tertiary/aromatic N) is 3. The van der Waals surface area contributed by atoms with Crippen LogP contribution in [0.5, 0.6) is 0 Å². The number of hydrogen-bond donors (Lipinski definition) is 2. The number of ether oxygens (including phenoxy) is 1. The van der Waals surface area contributed by atoms with E-state index in [1.54, 1.807) is 4.90 Å². The van der Waals surface area contributed by atoms with Crippen molar-refractivity contribution < 1.29 is 14.3 Å². The minimum Gasteiger partial charge on any atom is -0.425 e. The fourth-order valence-corrected chi connectivity index (χ4v) is 4.54. The predicted molar refractivity (Wildman–Crippen MR) is 127 cm³/mol. The third kappa shape index (κ3) is 4.37. The van der Waals surface area contributed by atoms with E-state index in [1.807, 2.05) is 30.5 Å². The Morgan fingerprint density at radius 2 is 2.06 bits per heavy atom. The van der Waals surface area contributed by atoms with Gasteiger partial charge in [-0.05, 0) is 56.4 Å². The molecule has 33 heavy (non-hydrogen) atoms. The molecule has 1 fully saturated rings. The molecule has 8 heteroatoms. The molecule has 1 aliphatic rings. The fourth-order valence-electron chi connectivity index (χ4n) is 4.54.